The van der Waals surface area contributed by atoms with Crippen molar-refractivity contribution in [1.29, 1.82) is 0 Å². The molecule has 1 atom stereocenters. The number of carbonyl (C=O) groups is 1. The number of aromatic nitrogens is 2. The van der Waals surface area contributed by atoms with E-state index in [0.717, 1.165) is 11.3 Å². The minimum absolute atomic E-state index is 0.00917. The fourth-order valence-electron chi connectivity index (χ4n) is 3.32. The minimum atomic E-state index is -0.587. The van der Waals surface area contributed by atoms with Crippen molar-refractivity contribution in [1.82, 2.24) is 9.66 Å². The van der Waals surface area contributed by atoms with Crippen LogP contribution in [0.3, 0.4) is 0 Å². The number of carbonyl (C=O) groups excluding carboxylic acids is 1. The van der Waals surface area contributed by atoms with Gasteiger partial charge >= 0.3 is 0 Å². The molecule has 1 amide bonds. The van der Waals surface area contributed by atoms with Gasteiger partial charge in [0, 0.05) is 5.56 Å². The zero-order valence-electron chi connectivity index (χ0n) is 15.1. The number of aryl methyl sites for hydroxylation is 1. The third-order valence-electron chi connectivity index (χ3n) is 4.60. The van der Waals surface area contributed by atoms with Crippen LogP contribution in [0.4, 0.5) is 14.5 Å². The monoisotopic (exact) mass is 412 g/mol. The summed E-state index contributed by atoms with van der Waals surface area (Å²) in [6.07, 6.45) is 1.78. The topological polar surface area (TPSA) is 68.5 Å². The quantitative estimate of drug-likeness (QED) is 0.693. The van der Waals surface area contributed by atoms with Crippen molar-refractivity contribution in [2.45, 2.75) is 17.3 Å². The van der Waals surface area contributed by atoms with E-state index in [1.54, 1.807) is 29.1 Å². The number of rotatable bonds is 2. The SMILES string of the molecule is Cc1cn2c(n1)SC(c1ccc(F)cc1)C(c1cc(F)c3c(c1)NC(=O)CO3)=N2. The summed E-state index contributed by atoms with van der Waals surface area (Å²) in [7, 11) is 0. The molecule has 1 aromatic heterocycles. The number of benzene rings is 2. The van der Waals surface area contributed by atoms with Gasteiger partial charge in [0.25, 0.3) is 5.91 Å². The summed E-state index contributed by atoms with van der Waals surface area (Å²) in [6, 6.07) is 9.07. The molecule has 6 nitrogen and oxygen atoms in total. The number of fused-ring (bicyclic) bond motifs is 2. The maximum Gasteiger partial charge on any atom is 0.262 e. The van der Waals surface area contributed by atoms with Crippen molar-refractivity contribution in [2.24, 2.45) is 5.10 Å². The molecule has 2 aliphatic rings. The number of halogens is 2. The van der Waals surface area contributed by atoms with Crippen LogP contribution in [0.2, 0.25) is 0 Å². The maximum atomic E-state index is 14.7. The first-order valence-corrected chi connectivity index (χ1v) is 9.69. The Labute approximate surface area is 168 Å². The lowest BCUT2D eigenvalue weighted by atomic mass is 10.00. The van der Waals surface area contributed by atoms with Gasteiger partial charge in [0.2, 0.25) is 0 Å². The van der Waals surface area contributed by atoms with E-state index in [2.05, 4.69) is 15.4 Å². The van der Waals surface area contributed by atoms with E-state index < -0.39 is 5.82 Å². The van der Waals surface area contributed by atoms with Gasteiger partial charge in [-0.2, -0.15) is 5.10 Å². The lowest BCUT2D eigenvalue weighted by Gasteiger charge is -2.25. The number of hydrogen-bond acceptors (Lipinski definition) is 5. The normalized spacial score (nSPS) is 17.7. The molecule has 0 fully saturated rings. The van der Waals surface area contributed by atoms with E-state index in [1.807, 2.05) is 6.92 Å². The molecule has 0 saturated heterocycles. The van der Waals surface area contributed by atoms with Crippen molar-refractivity contribution < 1.29 is 18.3 Å². The van der Waals surface area contributed by atoms with Gasteiger partial charge in [-0.25, -0.2) is 18.4 Å². The molecule has 1 unspecified atom stereocenters. The van der Waals surface area contributed by atoms with Crippen molar-refractivity contribution in [3.05, 3.63) is 71.1 Å². The summed E-state index contributed by atoms with van der Waals surface area (Å²) >= 11 is 1.44. The molecule has 0 aliphatic carbocycles. The Hall–Kier alpha value is -3.20. The molecule has 2 aromatic carbocycles. The summed E-state index contributed by atoms with van der Waals surface area (Å²) in [5.74, 6) is -1.27. The van der Waals surface area contributed by atoms with Crippen LogP contribution < -0.4 is 10.1 Å². The van der Waals surface area contributed by atoms with E-state index in [1.165, 1.54) is 30.0 Å². The lowest BCUT2D eigenvalue weighted by Crippen LogP contribution is -2.27. The average molecular weight is 412 g/mol. The first kappa shape index (κ1) is 17.9. The van der Waals surface area contributed by atoms with E-state index in [-0.39, 0.29) is 35.0 Å². The molecule has 29 heavy (non-hydrogen) atoms. The Kier molecular flexibility index (Phi) is 4.13. The molecule has 0 radical (unpaired) electrons. The van der Waals surface area contributed by atoms with Crippen molar-refractivity contribution in [3.63, 3.8) is 0 Å². The highest BCUT2D eigenvalue weighted by molar-refractivity contribution is 8.00. The highest BCUT2D eigenvalue weighted by atomic mass is 32.2. The third-order valence-corrected chi connectivity index (χ3v) is 5.82. The Morgan fingerprint density at radius 3 is 2.83 bits per heavy atom. The third kappa shape index (κ3) is 3.17. The fraction of sp³-hybridized carbons (Fsp3) is 0.150. The number of imidazole rings is 1. The number of amides is 1. The standard InChI is InChI=1S/C20H14F2N4O2S/c1-10-8-26-20(23-10)29-19(11-2-4-13(21)5-3-11)17(25-26)12-6-14(22)18-15(7-12)24-16(27)9-28-18/h2-8,19H,9H2,1H3,(H,24,27). The van der Waals surface area contributed by atoms with Crippen LogP contribution in [0.25, 0.3) is 0 Å². The first-order valence-electron chi connectivity index (χ1n) is 8.81. The van der Waals surface area contributed by atoms with Gasteiger partial charge in [0.15, 0.2) is 23.3 Å². The largest absolute Gasteiger partial charge is 0.478 e. The van der Waals surface area contributed by atoms with Gasteiger partial charge in [-0.3, -0.25) is 4.79 Å². The van der Waals surface area contributed by atoms with Crippen molar-refractivity contribution in [3.8, 4) is 5.75 Å². The summed E-state index contributed by atoms with van der Waals surface area (Å²) in [6.45, 7) is 1.63. The van der Waals surface area contributed by atoms with Crippen LogP contribution in [-0.4, -0.2) is 27.9 Å². The fourth-order valence-corrected chi connectivity index (χ4v) is 4.52. The molecule has 3 aromatic rings. The van der Waals surface area contributed by atoms with Crippen LogP contribution in [-0.2, 0) is 4.79 Å². The van der Waals surface area contributed by atoms with E-state index in [9.17, 15) is 13.6 Å². The maximum absolute atomic E-state index is 14.7. The molecule has 0 bridgehead atoms. The van der Waals surface area contributed by atoms with Crippen LogP contribution >= 0.6 is 11.8 Å². The lowest BCUT2D eigenvalue weighted by molar-refractivity contribution is -0.118. The molecule has 1 N–H and O–H groups in total. The predicted molar refractivity (Wildman–Crippen MR) is 104 cm³/mol. The van der Waals surface area contributed by atoms with Crippen molar-refractivity contribution >= 4 is 29.1 Å². The molecular formula is C20H14F2N4O2S. The second-order valence-corrected chi connectivity index (χ2v) is 7.79. The van der Waals surface area contributed by atoms with Gasteiger partial charge in [-0.1, -0.05) is 23.9 Å². The number of nitrogens with zero attached hydrogens (tertiary/aromatic N) is 3. The Balaban J connectivity index is 1.66. The van der Waals surface area contributed by atoms with Crippen LogP contribution in [0, 0.1) is 18.6 Å². The van der Waals surface area contributed by atoms with Gasteiger partial charge in [0.05, 0.1) is 28.5 Å². The second kappa shape index (κ2) is 6.70. The van der Waals surface area contributed by atoms with Crippen LogP contribution in [0.15, 0.2) is 52.9 Å². The minimum Gasteiger partial charge on any atom is -0.478 e. The smallest absolute Gasteiger partial charge is 0.262 e. The zero-order valence-corrected chi connectivity index (χ0v) is 16.0. The number of anilines is 1. The molecule has 0 spiro atoms. The molecule has 5 rings (SSSR count). The summed E-state index contributed by atoms with van der Waals surface area (Å²) in [4.78, 5) is 16.1. The highest BCUT2D eigenvalue weighted by Gasteiger charge is 2.30. The van der Waals surface area contributed by atoms with E-state index in [4.69, 9.17) is 4.74 Å². The molecule has 3 heterocycles. The molecule has 9 heteroatoms. The predicted octanol–water partition coefficient (Wildman–Crippen LogP) is 3.90. The molecular weight excluding hydrogens is 398 g/mol. The highest BCUT2D eigenvalue weighted by Crippen LogP contribution is 2.42. The van der Waals surface area contributed by atoms with Gasteiger partial charge in [-0.05, 0) is 36.8 Å². The zero-order chi connectivity index (χ0) is 20.1. The number of nitrogens with one attached hydrogen (secondary N) is 1. The number of hydrogen-bond donors (Lipinski definition) is 1. The van der Waals surface area contributed by atoms with E-state index in [0.29, 0.717) is 16.4 Å². The number of thioether (sulfide) groups is 1. The first-order chi connectivity index (χ1) is 14.0. The Bertz CT molecular complexity index is 1170. The average Bonchev–Trinajstić information content (AvgIpc) is 3.06. The van der Waals surface area contributed by atoms with Crippen molar-refractivity contribution in [2.75, 3.05) is 11.9 Å². The number of ether oxygens (including phenoxy) is 1. The molecule has 2 aliphatic heterocycles. The Morgan fingerprint density at radius 2 is 2.03 bits per heavy atom. The van der Waals surface area contributed by atoms with Gasteiger partial charge in [-0.15, -0.1) is 0 Å². The second-order valence-electron chi connectivity index (χ2n) is 6.72. The van der Waals surface area contributed by atoms with Crippen LogP contribution in [0.5, 0.6) is 5.75 Å². The molecule has 0 saturated carbocycles. The molecule has 146 valence electrons. The van der Waals surface area contributed by atoms with E-state index >= 15 is 0 Å². The summed E-state index contributed by atoms with van der Waals surface area (Å²) < 4.78 is 35.0. The van der Waals surface area contributed by atoms with Gasteiger partial charge < -0.3 is 10.1 Å². The Morgan fingerprint density at radius 1 is 1.24 bits per heavy atom. The van der Waals surface area contributed by atoms with Gasteiger partial charge in [0.1, 0.15) is 5.82 Å². The summed E-state index contributed by atoms with van der Waals surface area (Å²) in [5, 5.41) is 7.65. The van der Waals surface area contributed by atoms with Crippen LogP contribution in [0.1, 0.15) is 22.1 Å². The summed E-state index contributed by atoms with van der Waals surface area (Å²) in [5.41, 5.74) is 2.92.